The second-order valence-corrected chi connectivity index (χ2v) is 5.82. The summed E-state index contributed by atoms with van der Waals surface area (Å²) in [4.78, 5) is 6.43. The summed E-state index contributed by atoms with van der Waals surface area (Å²) in [7, 11) is 1.91. The molecule has 0 fully saturated rings. The minimum absolute atomic E-state index is 0.0891. The van der Waals surface area contributed by atoms with E-state index in [9.17, 15) is 0 Å². The maximum atomic E-state index is 5.83. The Hall–Kier alpha value is -3.15. The quantitative estimate of drug-likeness (QED) is 0.729. The summed E-state index contributed by atoms with van der Waals surface area (Å²) in [5, 5.41) is 11.4. The number of aromatic nitrogens is 3. The highest BCUT2D eigenvalue weighted by atomic mass is 16.5. The molecule has 0 bridgehead atoms. The number of anilines is 4. The Morgan fingerprint density at radius 1 is 1.00 bits per heavy atom. The first-order chi connectivity index (χ1) is 12.1. The molecule has 3 rings (SSSR count). The van der Waals surface area contributed by atoms with Crippen molar-refractivity contribution < 1.29 is 4.74 Å². The lowest BCUT2D eigenvalue weighted by molar-refractivity contribution is 0.244. The summed E-state index contributed by atoms with van der Waals surface area (Å²) in [6.07, 6.45) is 1.68. The van der Waals surface area contributed by atoms with Gasteiger partial charge in [-0.05, 0) is 38.1 Å². The van der Waals surface area contributed by atoms with Crippen LogP contribution in [0.4, 0.5) is 23.1 Å². The SMILES string of the molecule is CC(C)Oc1ccccc1Nc1cnnc(N(C)c2ccccc2)n1. The van der Waals surface area contributed by atoms with Crippen LogP contribution < -0.4 is 15.0 Å². The van der Waals surface area contributed by atoms with Crippen LogP contribution in [-0.4, -0.2) is 28.3 Å². The van der Waals surface area contributed by atoms with Gasteiger partial charge >= 0.3 is 0 Å². The van der Waals surface area contributed by atoms with E-state index in [1.54, 1.807) is 6.20 Å². The van der Waals surface area contributed by atoms with Crippen molar-refractivity contribution >= 4 is 23.1 Å². The van der Waals surface area contributed by atoms with Gasteiger partial charge in [0.25, 0.3) is 5.95 Å². The molecule has 1 aromatic heterocycles. The molecule has 2 aromatic carbocycles. The van der Waals surface area contributed by atoms with E-state index in [1.165, 1.54) is 0 Å². The Bertz CT molecular complexity index is 823. The average Bonchev–Trinajstić information content (AvgIpc) is 2.63. The van der Waals surface area contributed by atoms with Crippen LogP contribution in [0.2, 0.25) is 0 Å². The van der Waals surface area contributed by atoms with Gasteiger partial charge in [-0.1, -0.05) is 30.3 Å². The summed E-state index contributed by atoms with van der Waals surface area (Å²) in [6, 6.07) is 17.7. The van der Waals surface area contributed by atoms with Crippen molar-refractivity contribution in [2.75, 3.05) is 17.3 Å². The average molecular weight is 335 g/mol. The van der Waals surface area contributed by atoms with E-state index in [0.29, 0.717) is 11.8 Å². The van der Waals surface area contributed by atoms with Gasteiger partial charge in [0.05, 0.1) is 18.0 Å². The van der Waals surface area contributed by atoms with Crippen molar-refractivity contribution in [2.24, 2.45) is 0 Å². The first-order valence-electron chi connectivity index (χ1n) is 8.14. The number of nitrogens with one attached hydrogen (secondary N) is 1. The highest BCUT2D eigenvalue weighted by Crippen LogP contribution is 2.28. The normalized spacial score (nSPS) is 10.6. The van der Waals surface area contributed by atoms with E-state index in [1.807, 2.05) is 80.4 Å². The molecule has 6 nitrogen and oxygen atoms in total. The molecule has 6 heteroatoms. The summed E-state index contributed by atoms with van der Waals surface area (Å²) in [5.41, 5.74) is 1.83. The Morgan fingerprint density at radius 3 is 2.48 bits per heavy atom. The Kier molecular flexibility index (Phi) is 5.09. The smallest absolute Gasteiger partial charge is 0.251 e. The molecule has 0 saturated carbocycles. The van der Waals surface area contributed by atoms with E-state index in [-0.39, 0.29) is 6.10 Å². The molecule has 0 unspecified atom stereocenters. The molecule has 0 atom stereocenters. The Labute approximate surface area is 147 Å². The van der Waals surface area contributed by atoms with Gasteiger partial charge in [0.15, 0.2) is 5.82 Å². The van der Waals surface area contributed by atoms with E-state index >= 15 is 0 Å². The molecular formula is C19H21N5O. The maximum Gasteiger partial charge on any atom is 0.251 e. The number of hydrogen-bond acceptors (Lipinski definition) is 6. The first kappa shape index (κ1) is 16.7. The fraction of sp³-hybridized carbons (Fsp3) is 0.211. The summed E-state index contributed by atoms with van der Waals surface area (Å²) >= 11 is 0. The number of ether oxygens (including phenoxy) is 1. The van der Waals surface area contributed by atoms with Gasteiger partial charge in [-0.25, -0.2) is 0 Å². The van der Waals surface area contributed by atoms with Gasteiger partial charge in [-0.2, -0.15) is 10.1 Å². The van der Waals surface area contributed by atoms with E-state index in [2.05, 4.69) is 20.5 Å². The Balaban J connectivity index is 1.83. The number of para-hydroxylation sites is 3. The van der Waals surface area contributed by atoms with Gasteiger partial charge < -0.3 is 15.0 Å². The molecule has 128 valence electrons. The van der Waals surface area contributed by atoms with Crippen LogP contribution in [0.25, 0.3) is 0 Å². The molecular weight excluding hydrogens is 314 g/mol. The molecule has 1 N–H and O–H groups in total. The van der Waals surface area contributed by atoms with E-state index < -0.39 is 0 Å². The number of benzene rings is 2. The minimum Gasteiger partial charge on any atom is -0.489 e. The van der Waals surface area contributed by atoms with Crippen molar-refractivity contribution in [1.82, 2.24) is 15.2 Å². The topological polar surface area (TPSA) is 63.2 Å². The van der Waals surface area contributed by atoms with Gasteiger partial charge in [0.2, 0.25) is 0 Å². The largest absolute Gasteiger partial charge is 0.489 e. The first-order valence-corrected chi connectivity index (χ1v) is 8.14. The van der Waals surface area contributed by atoms with Crippen LogP contribution in [0, 0.1) is 0 Å². The molecule has 0 amide bonds. The van der Waals surface area contributed by atoms with Crippen molar-refractivity contribution in [3.8, 4) is 5.75 Å². The van der Waals surface area contributed by atoms with Gasteiger partial charge in [0, 0.05) is 12.7 Å². The van der Waals surface area contributed by atoms with Crippen LogP contribution in [0.5, 0.6) is 5.75 Å². The molecule has 0 saturated heterocycles. The van der Waals surface area contributed by atoms with Crippen LogP contribution in [0.3, 0.4) is 0 Å². The monoisotopic (exact) mass is 335 g/mol. The zero-order valence-corrected chi connectivity index (χ0v) is 14.5. The van der Waals surface area contributed by atoms with Crippen molar-refractivity contribution in [1.29, 1.82) is 0 Å². The van der Waals surface area contributed by atoms with Crippen molar-refractivity contribution in [3.63, 3.8) is 0 Å². The lowest BCUT2D eigenvalue weighted by Gasteiger charge is -2.18. The summed E-state index contributed by atoms with van der Waals surface area (Å²) in [6.45, 7) is 3.99. The third-order valence-electron chi connectivity index (χ3n) is 3.50. The molecule has 25 heavy (non-hydrogen) atoms. The number of nitrogens with zero attached hydrogens (tertiary/aromatic N) is 4. The van der Waals surface area contributed by atoms with Gasteiger partial charge in [0.1, 0.15) is 5.75 Å². The molecule has 0 aliphatic rings. The third kappa shape index (κ3) is 4.23. The summed E-state index contributed by atoms with van der Waals surface area (Å²) < 4.78 is 5.83. The standard InChI is InChI=1S/C19H21N5O/c1-14(2)25-17-12-8-7-11-16(17)21-18-13-20-23-19(22-18)24(3)15-9-5-4-6-10-15/h4-14H,1-3H3,(H,21,22,23). The lowest BCUT2D eigenvalue weighted by Crippen LogP contribution is -2.14. The zero-order valence-electron chi connectivity index (χ0n) is 14.5. The Morgan fingerprint density at radius 2 is 1.72 bits per heavy atom. The molecule has 3 aromatic rings. The zero-order chi connectivity index (χ0) is 17.6. The fourth-order valence-corrected chi connectivity index (χ4v) is 2.33. The van der Waals surface area contributed by atoms with Crippen LogP contribution >= 0.6 is 0 Å². The second-order valence-electron chi connectivity index (χ2n) is 5.82. The summed E-state index contributed by atoms with van der Waals surface area (Å²) in [5.74, 6) is 1.89. The van der Waals surface area contributed by atoms with Gasteiger partial charge in [-0.15, -0.1) is 5.10 Å². The molecule has 1 heterocycles. The fourth-order valence-electron chi connectivity index (χ4n) is 2.33. The molecule has 0 radical (unpaired) electrons. The second kappa shape index (κ2) is 7.61. The molecule has 0 spiro atoms. The van der Waals surface area contributed by atoms with E-state index in [4.69, 9.17) is 4.74 Å². The molecule has 0 aliphatic heterocycles. The highest BCUT2D eigenvalue weighted by molar-refractivity contribution is 5.65. The highest BCUT2D eigenvalue weighted by Gasteiger charge is 2.10. The van der Waals surface area contributed by atoms with Crippen LogP contribution in [0.15, 0.2) is 60.8 Å². The van der Waals surface area contributed by atoms with Crippen molar-refractivity contribution in [3.05, 3.63) is 60.8 Å². The third-order valence-corrected chi connectivity index (χ3v) is 3.50. The predicted octanol–water partition coefficient (Wildman–Crippen LogP) is 4.17. The number of hydrogen-bond donors (Lipinski definition) is 1. The van der Waals surface area contributed by atoms with Crippen LogP contribution in [-0.2, 0) is 0 Å². The maximum absolute atomic E-state index is 5.83. The lowest BCUT2D eigenvalue weighted by atomic mass is 10.3. The number of rotatable bonds is 6. The van der Waals surface area contributed by atoms with Crippen LogP contribution in [0.1, 0.15) is 13.8 Å². The van der Waals surface area contributed by atoms with Crippen molar-refractivity contribution in [2.45, 2.75) is 20.0 Å². The molecule has 0 aliphatic carbocycles. The van der Waals surface area contributed by atoms with Gasteiger partial charge in [-0.3, -0.25) is 0 Å². The minimum atomic E-state index is 0.0891. The predicted molar refractivity (Wildman–Crippen MR) is 99.8 cm³/mol. The van der Waals surface area contributed by atoms with E-state index in [0.717, 1.165) is 17.1 Å².